The smallest absolute Gasteiger partial charge is 0.159 e. The van der Waals surface area contributed by atoms with Crippen LogP contribution < -0.4 is 9.80 Å². The molecule has 0 saturated heterocycles. The zero-order chi connectivity index (χ0) is 55.7. The number of rotatable bonds is 6. The molecular weight excluding hydrogens is 1020 g/mol. The van der Waals surface area contributed by atoms with Crippen molar-refractivity contribution in [2.75, 3.05) is 9.80 Å². The van der Waals surface area contributed by atoms with E-state index < -0.39 is 5.41 Å². The summed E-state index contributed by atoms with van der Waals surface area (Å²) in [5, 5.41) is 11.5. The summed E-state index contributed by atoms with van der Waals surface area (Å²) in [4.78, 5) is 4.95. The highest BCUT2D eigenvalue weighted by molar-refractivity contribution is 6.22. The van der Waals surface area contributed by atoms with Crippen molar-refractivity contribution < 1.29 is 8.83 Å². The van der Waals surface area contributed by atoms with Gasteiger partial charge in [-0.3, -0.25) is 0 Å². The third-order valence-electron chi connectivity index (χ3n) is 18.7. The van der Waals surface area contributed by atoms with Gasteiger partial charge in [0, 0.05) is 54.5 Å². The number of fused-ring (bicyclic) bond motifs is 22. The molecule has 3 aromatic heterocycles. The summed E-state index contributed by atoms with van der Waals surface area (Å²) in [6.07, 6.45) is 0. The minimum atomic E-state index is -0.869. The van der Waals surface area contributed by atoms with Gasteiger partial charge in [0.2, 0.25) is 0 Å². The minimum Gasteiger partial charge on any atom is -0.454 e. The maximum Gasteiger partial charge on any atom is 0.159 e. The lowest BCUT2D eigenvalue weighted by molar-refractivity contribution is 0.665. The summed E-state index contributed by atoms with van der Waals surface area (Å²) >= 11 is 0. The first kappa shape index (κ1) is 47.1. The van der Waals surface area contributed by atoms with Gasteiger partial charge in [-0.15, -0.1) is 0 Å². The molecule has 0 atom stereocenters. The van der Waals surface area contributed by atoms with E-state index in [1.807, 2.05) is 0 Å². The summed E-state index contributed by atoms with van der Waals surface area (Å²) in [7, 11) is 0. The first-order chi connectivity index (χ1) is 41.3. The number of hydrogen-bond acceptors (Lipinski definition) is 4. The monoisotopic (exact) mass is 1080 g/mol. The van der Waals surface area contributed by atoms with Gasteiger partial charge in [0.25, 0.3) is 0 Å². The number of para-hydroxylation sites is 7. The van der Waals surface area contributed by atoms with Gasteiger partial charge < -0.3 is 23.2 Å². The van der Waals surface area contributed by atoms with Gasteiger partial charge in [-0.05, 0) is 144 Å². The molecule has 18 rings (SSSR count). The molecule has 396 valence electrons. The van der Waals surface area contributed by atoms with E-state index >= 15 is 0 Å². The quantitative estimate of drug-likeness (QED) is 0.166. The Bertz CT molecular complexity index is 5240. The van der Waals surface area contributed by atoms with Crippen LogP contribution in [0.4, 0.5) is 34.1 Å². The molecule has 4 heterocycles. The summed E-state index contributed by atoms with van der Waals surface area (Å²) in [5.41, 5.74) is 24.4. The van der Waals surface area contributed by atoms with Crippen molar-refractivity contribution in [1.82, 2.24) is 4.57 Å². The van der Waals surface area contributed by atoms with Crippen molar-refractivity contribution >= 4 is 121 Å². The number of hydrogen-bond donors (Lipinski definition) is 0. The number of aromatic nitrogens is 1. The van der Waals surface area contributed by atoms with E-state index in [1.165, 1.54) is 82.8 Å². The third kappa shape index (κ3) is 6.17. The fraction of sp³-hybridized carbons (Fsp3) is 0.0633. The lowest BCUT2D eigenvalue weighted by Gasteiger charge is -2.40. The lowest BCUT2D eigenvalue weighted by atomic mass is 9.65. The first-order valence-electron chi connectivity index (χ1n) is 29.2. The van der Waals surface area contributed by atoms with E-state index in [0.717, 1.165) is 99.9 Å². The maximum atomic E-state index is 7.14. The second-order valence-corrected chi connectivity index (χ2v) is 23.3. The Hall–Kier alpha value is -10.6. The van der Waals surface area contributed by atoms with E-state index in [-0.39, 0.29) is 0 Å². The summed E-state index contributed by atoms with van der Waals surface area (Å²) in [6, 6.07) is 92.9. The van der Waals surface area contributed by atoms with Crippen LogP contribution in [0.3, 0.4) is 0 Å². The highest BCUT2D eigenvalue weighted by Crippen LogP contribution is 2.66. The fourth-order valence-electron chi connectivity index (χ4n) is 15.1. The number of furan rings is 2. The molecule has 0 saturated carbocycles. The maximum absolute atomic E-state index is 7.14. The number of anilines is 6. The second-order valence-electron chi connectivity index (χ2n) is 23.3. The molecular formula is C79H53N3O2. The Balaban J connectivity index is 1.03. The van der Waals surface area contributed by atoms with Crippen molar-refractivity contribution in [3.63, 3.8) is 0 Å². The number of benzene rings is 13. The van der Waals surface area contributed by atoms with Crippen molar-refractivity contribution in [3.8, 4) is 16.8 Å². The Morgan fingerprint density at radius 3 is 1.25 bits per heavy atom. The third-order valence-corrected chi connectivity index (χ3v) is 18.7. The predicted molar refractivity (Wildman–Crippen MR) is 350 cm³/mol. The van der Waals surface area contributed by atoms with E-state index in [1.54, 1.807) is 0 Å². The Labute approximate surface area is 485 Å². The highest BCUT2D eigenvalue weighted by atomic mass is 16.3. The molecule has 16 aromatic rings. The highest BCUT2D eigenvalue weighted by Gasteiger charge is 2.53. The zero-order valence-electron chi connectivity index (χ0n) is 46.8. The Morgan fingerprint density at radius 2 is 0.714 bits per heavy atom. The van der Waals surface area contributed by atoms with Crippen molar-refractivity contribution in [2.24, 2.45) is 0 Å². The van der Waals surface area contributed by atoms with Crippen molar-refractivity contribution in [3.05, 3.63) is 293 Å². The Morgan fingerprint density at radius 1 is 0.310 bits per heavy atom. The molecule has 0 bridgehead atoms. The number of nitrogens with zero attached hydrogens (tertiary/aromatic N) is 3. The molecule has 1 aliphatic heterocycles. The summed E-state index contributed by atoms with van der Waals surface area (Å²) in [6.45, 7) is 8.62. The second kappa shape index (κ2) is 17.2. The molecule has 0 unspecified atom stereocenters. The van der Waals surface area contributed by atoms with E-state index in [2.05, 4.69) is 291 Å². The molecule has 0 N–H and O–H groups in total. The predicted octanol–water partition coefficient (Wildman–Crippen LogP) is 21.7. The van der Waals surface area contributed by atoms with E-state index in [0.29, 0.717) is 0 Å². The zero-order valence-corrected chi connectivity index (χ0v) is 46.8. The minimum absolute atomic E-state index is 0.851. The van der Waals surface area contributed by atoms with Gasteiger partial charge in [0.05, 0.1) is 44.9 Å². The molecule has 0 amide bonds. The molecule has 1 aliphatic carbocycles. The largest absolute Gasteiger partial charge is 0.454 e. The van der Waals surface area contributed by atoms with Gasteiger partial charge in [-0.1, -0.05) is 199 Å². The van der Waals surface area contributed by atoms with Gasteiger partial charge in [0.15, 0.2) is 11.2 Å². The molecule has 13 aromatic carbocycles. The summed E-state index contributed by atoms with van der Waals surface area (Å²) in [5.74, 6) is 0. The molecule has 84 heavy (non-hydrogen) atoms. The van der Waals surface area contributed by atoms with Crippen molar-refractivity contribution in [2.45, 2.75) is 33.1 Å². The Kier molecular flexibility index (Phi) is 9.64. The molecule has 0 radical (unpaired) electrons. The van der Waals surface area contributed by atoms with Crippen LogP contribution in [0.2, 0.25) is 0 Å². The van der Waals surface area contributed by atoms with Crippen molar-refractivity contribution in [1.29, 1.82) is 0 Å². The first-order valence-corrected chi connectivity index (χ1v) is 29.2. The van der Waals surface area contributed by atoms with E-state index in [9.17, 15) is 0 Å². The normalized spacial score (nSPS) is 13.1. The van der Waals surface area contributed by atoms with Crippen LogP contribution in [0.15, 0.2) is 258 Å². The fourth-order valence-corrected chi connectivity index (χ4v) is 15.1. The molecule has 0 fully saturated rings. The van der Waals surface area contributed by atoms with E-state index in [4.69, 9.17) is 8.83 Å². The lowest BCUT2D eigenvalue weighted by Crippen LogP contribution is -2.34. The molecule has 5 heteroatoms. The van der Waals surface area contributed by atoms with Crippen LogP contribution in [0.25, 0.3) is 104 Å². The molecule has 5 nitrogen and oxygen atoms in total. The van der Waals surface area contributed by atoms with Gasteiger partial charge in [-0.25, -0.2) is 0 Å². The SMILES string of the molecule is Cc1ccc(N(c2cc3c(c4ccccc24)-c2c(cc(N(c4ccc(C)cc4)c4cccc5c4oc4c(C)cccc45)c4ccccc24)C32c3ccccc3-n3c4ccccc4c4cccc2c43)c2cccc3c2oc2c(C)cccc23)cc1. The van der Waals surface area contributed by atoms with Gasteiger partial charge >= 0.3 is 0 Å². The topological polar surface area (TPSA) is 37.7 Å². The average Bonchev–Trinajstić information content (AvgIpc) is 1.51. The van der Waals surface area contributed by atoms with Crippen LogP contribution >= 0.6 is 0 Å². The average molecular weight is 1080 g/mol. The molecule has 1 spiro atoms. The van der Waals surface area contributed by atoms with Crippen LogP contribution in [-0.2, 0) is 5.41 Å². The van der Waals surface area contributed by atoms with Gasteiger partial charge in [-0.2, -0.15) is 0 Å². The summed E-state index contributed by atoms with van der Waals surface area (Å²) < 4.78 is 16.8. The van der Waals surface area contributed by atoms with Gasteiger partial charge in [0.1, 0.15) is 11.2 Å². The van der Waals surface area contributed by atoms with Crippen LogP contribution in [0.5, 0.6) is 0 Å². The number of aryl methyl sites for hydroxylation is 4. The van der Waals surface area contributed by atoms with Crippen LogP contribution in [0.1, 0.15) is 44.5 Å². The molecule has 2 aliphatic rings. The standard InChI is InChI=1S/C79H53N3O2/c1-46-36-40-50(41-37-46)80(68-34-16-28-60-58-26-13-18-48(3)75(58)83-77(60)68)70-44-64-72(55-23-7-5-20-52(55)70)73-56-24-8-6-21-53(56)71(81(51-42-38-47(2)39-43-51)69-35-17-29-61-59-27-14-19-49(4)76(59)84-78(61)69)45-65(73)79(64)62-30-10-12-33-67(62)82-66-32-11-9-22-54(66)57-25-15-31-63(79)74(57)82/h5-45H,1-4H3. The van der Waals surface area contributed by atoms with Crippen LogP contribution in [0, 0.1) is 27.7 Å². The van der Waals surface area contributed by atoms with Crippen LogP contribution in [-0.4, -0.2) is 4.57 Å².